The van der Waals surface area contributed by atoms with E-state index < -0.39 is 0 Å². The number of pyridine rings is 2. The lowest BCUT2D eigenvalue weighted by Crippen LogP contribution is -2.12. The zero-order valence-corrected chi connectivity index (χ0v) is 15.2. The zero-order chi connectivity index (χ0) is 17.1. The van der Waals surface area contributed by atoms with Gasteiger partial charge >= 0.3 is 0 Å². The molecule has 0 aliphatic rings. The minimum Gasteiger partial charge on any atom is -0.359 e. The second-order valence-corrected chi connectivity index (χ2v) is 6.84. The maximum Gasteiger partial charge on any atom is 0.197 e. The number of thioether (sulfide) groups is 1. The van der Waals surface area contributed by atoms with Gasteiger partial charge in [0, 0.05) is 23.3 Å². The van der Waals surface area contributed by atoms with Crippen LogP contribution in [0.1, 0.15) is 38.3 Å². The van der Waals surface area contributed by atoms with Crippen LogP contribution >= 0.6 is 11.8 Å². The Morgan fingerprint density at radius 2 is 2.17 bits per heavy atom. The van der Waals surface area contributed by atoms with Gasteiger partial charge in [-0.1, -0.05) is 26.8 Å². The van der Waals surface area contributed by atoms with E-state index in [0.717, 1.165) is 57.1 Å². The molecule has 2 heterocycles. The monoisotopic (exact) mass is 338 g/mol. The topological polar surface area (TPSA) is 45.8 Å². The molecule has 4 heteroatoms. The van der Waals surface area contributed by atoms with Crippen molar-refractivity contribution in [1.82, 2.24) is 9.97 Å². The van der Waals surface area contributed by atoms with E-state index in [1.54, 1.807) is 18.0 Å². The molecule has 0 fully saturated rings. The van der Waals surface area contributed by atoms with Crippen molar-refractivity contribution in [2.45, 2.75) is 33.6 Å². The van der Waals surface area contributed by atoms with E-state index in [9.17, 15) is 4.79 Å². The first-order valence-electron chi connectivity index (χ1n) is 8.44. The van der Waals surface area contributed by atoms with Crippen LogP contribution in [0.2, 0.25) is 0 Å². The first-order valence-corrected chi connectivity index (χ1v) is 9.49. The van der Waals surface area contributed by atoms with Gasteiger partial charge in [0.15, 0.2) is 5.43 Å². The Bertz CT molecular complexity index is 972. The first kappa shape index (κ1) is 16.8. The third kappa shape index (κ3) is 2.86. The fraction of sp³-hybridized carbons (Fsp3) is 0.300. The molecule has 0 aliphatic carbocycles. The molecule has 0 saturated heterocycles. The molecule has 0 spiro atoms. The quantitative estimate of drug-likeness (QED) is 0.655. The molecule has 24 heavy (non-hydrogen) atoms. The summed E-state index contributed by atoms with van der Waals surface area (Å²) in [6.07, 6.45) is 5.29. The van der Waals surface area contributed by atoms with Crippen molar-refractivity contribution >= 4 is 39.1 Å². The van der Waals surface area contributed by atoms with E-state index in [1.165, 1.54) is 0 Å². The van der Waals surface area contributed by atoms with Gasteiger partial charge in [-0.2, -0.15) is 0 Å². The van der Waals surface area contributed by atoms with Crippen molar-refractivity contribution in [3.8, 4) is 0 Å². The minimum atomic E-state index is 0.109. The number of nitrogens with one attached hydrogen (secondary N) is 1. The maximum atomic E-state index is 13.2. The van der Waals surface area contributed by atoms with Crippen molar-refractivity contribution in [2.75, 3.05) is 5.75 Å². The molecule has 3 rings (SSSR count). The maximum absolute atomic E-state index is 13.2. The Balaban J connectivity index is 2.36. The minimum absolute atomic E-state index is 0.109. The Kier molecular flexibility index (Phi) is 5.05. The van der Waals surface area contributed by atoms with Crippen molar-refractivity contribution in [1.29, 1.82) is 0 Å². The molecular weight excluding hydrogens is 316 g/mol. The van der Waals surface area contributed by atoms with Crippen LogP contribution in [0.3, 0.4) is 0 Å². The highest BCUT2D eigenvalue weighted by Gasteiger charge is 2.14. The molecule has 1 N–H and O–H groups in total. The predicted molar refractivity (Wildman–Crippen MR) is 106 cm³/mol. The summed E-state index contributed by atoms with van der Waals surface area (Å²) in [5, 5.41) is 3.96. The van der Waals surface area contributed by atoms with E-state index in [-0.39, 0.29) is 5.43 Å². The summed E-state index contributed by atoms with van der Waals surface area (Å²) in [5.41, 5.74) is 4.75. The smallest absolute Gasteiger partial charge is 0.197 e. The third-order valence-corrected chi connectivity index (χ3v) is 5.09. The number of hydrogen-bond acceptors (Lipinski definition) is 3. The van der Waals surface area contributed by atoms with Gasteiger partial charge in [-0.25, -0.2) is 0 Å². The molecular formula is C20H22N2OS. The van der Waals surface area contributed by atoms with Gasteiger partial charge in [0.1, 0.15) is 0 Å². The number of hydrogen-bond donors (Lipinski definition) is 1. The summed E-state index contributed by atoms with van der Waals surface area (Å²) in [6, 6.07) is 6.07. The second kappa shape index (κ2) is 7.22. The van der Waals surface area contributed by atoms with E-state index in [1.807, 2.05) is 18.3 Å². The molecule has 1 aromatic carbocycles. The van der Waals surface area contributed by atoms with Crippen LogP contribution in [0, 0.1) is 0 Å². The van der Waals surface area contributed by atoms with Gasteiger partial charge in [0.2, 0.25) is 0 Å². The van der Waals surface area contributed by atoms with E-state index in [0.29, 0.717) is 0 Å². The van der Waals surface area contributed by atoms with Crippen LogP contribution in [-0.2, 0) is 6.42 Å². The molecule has 3 aromatic rings. The Morgan fingerprint density at radius 3 is 2.88 bits per heavy atom. The molecule has 0 aliphatic heterocycles. The average molecular weight is 338 g/mol. The highest BCUT2D eigenvalue weighted by molar-refractivity contribution is 8.02. The second-order valence-electron chi connectivity index (χ2n) is 5.70. The Labute approximate surface area is 146 Å². The number of nitrogens with zero attached hydrogens (tertiary/aromatic N) is 1. The summed E-state index contributed by atoms with van der Waals surface area (Å²) in [4.78, 5) is 21.1. The van der Waals surface area contributed by atoms with Crippen LogP contribution in [0.15, 0.2) is 40.8 Å². The molecule has 0 amide bonds. The third-order valence-electron chi connectivity index (χ3n) is 4.31. The predicted octanol–water partition coefficient (Wildman–Crippen LogP) is 5.14. The number of rotatable bonds is 5. The summed E-state index contributed by atoms with van der Waals surface area (Å²) < 4.78 is 0. The van der Waals surface area contributed by atoms with Crippen LogP contribution in [0.5, 0.6) is 0 Å². The highest BCUT2D eigenvalue weighted by Crippen LogP contribution is 2.26. The van der Waals surface area contributed by atoms with Crippen molar-refractivity contribution in [3.63, 3.8) is 0 Å². The Morgan fingerprint density at radius 1 is 1.33 bits per heavy atom. The lowest BCUT2D eigenvalue weighted by atomic mass is 9.98. The van der Waals surface area contributed by atoms with Crippen molar-refractivity contribution < 1.29 is 0 Å². The molecule has 0 radical (unpaired) electrons. The van der Waals surface area contributed by atoms with Gasteiger partial charge in [-0.05, 0) is 47.3 Å². The highest BCUT2D eigenvalue weighted by atomic mass is 32.2. The molecule has 0 atom stereocenters. The number of aromatic amines is 1. The molecule has 0 unspecified atom stereocenters. The fourth-order valence-electron chi connectivity index (χ4n) is 3.06. The molecule has 0 saturated carbocycles. The van der Waals surface area contributed by atoms with E-state index >= 15 is 0 Å². The fourth-order valence-corrected chi connectivity index (χ4v) is 3.73. The number of fused-ring (bicyclic) bond motifs is 3. The molecule has 124 valence electrons. The summed E-state index contributed by atoms with van der Waals surface area (Å²) >= 11 is 1.74. The number of aryl methyl sites for hydroxylation is 1. The number of allylic oxidation sites excluding steroid dienone is 1. The SMILES string of the molecule is CCS/C=C(\CC)c1c[nH]c2c(c(CC)cc3cccnc32)c1=O. The summed E-state index contributed by atoms with van der Waals surface area (Å²) in [5.74, 6) is 1.00. The van der Waals surface area contributed by atoms with Crippen LogP contribution in [-0.4, -0.2) is 15.7 Å². The van der Waals surface area contributed by atoms with Gasteiger partial charge in [0.25, 0.3) is 0 Å². The van der Waals surface area contributed by atoms with Crippen LogP contribution in [0.25, 0.3) is 27.4 Å². The average Bonchev–Trinajstić information content (AvgIpc) is 2.62. The molecule has 3 nitrogen and oxygen atoms in total. The molecule has 2 aromatic heterocycles. The molecule has 0 bridgehead atoms. The lowest BCUT2D eigenvalue weighted by molar-refractivity contribution is 1.15. The van der Waals surface area contributed by atoms with Gasteiger partial charge in [-0.3, -0.25) is 9.78 Å². The van der Waals surface area contributed by atoms with Crippen LogP contribution < -0.4 is 5.43 Å². The van der Waals surface area contributed by atoms with E-state index in [4.69, 9.17) is 0 Å². The lowest BCUT2D eigenvalue weighted by Gasteiger charge is -2.11. The Hall–Kier alpha value is -2.07. The normalized spacial score (nSPS) is 12.2. The van der Waals surface area contributed by atoms with Gasteiger partial charge in [0.05, 0.1) is 16.4 Å². The largest absolute Gasteiger partial charge is 0.359 e. The number of H-pyrrole nitrogens is 1. The number of benzene rings is 1. The van der Waals surface area contributed by atoms with Gasteiger partial charge in [-0.15, -0.1) is 11.8 Å². The number of aromatic nitrogens is 2. The van der Waals surface area contributed by atoms with Crippen LogP contribution in [0.4, 0.5) is 0 Å². The summed E-state index contributed by atoms with van der Waals surface area (Å²) in [6.45, 7) is 6.30. The standard InChI is InChI=1S/C20H22N2OS/c1-4-13-10-15-8-7-9-21-18(15)19-17(13)20(23)16(11-22-19)14(5-2)12-24-6-3/h7-12H,4-6H2,1-3H3,(H,22,23)/b14-12+. The first-order chi connectivity index (χ1) is 11.7. The zero-order valence-electron chi connectivity index (χ0n) is 14.3. The van der Waals surface area contributed by atoms with Crippen molar-refractivity contribution in [2.24, 2.45) is 0 Å². The summed E-state index contributed by atoms with van der Waals surface area (Å²) in [7, 11) is 0. The van der Waals surface area contributed by atoms with Gasteiger partial charge < -0.3 is 4.98 Å². The van der Waals surface area contributed by atoms with Crippen molar-refractivity contribution in [3.05, 3.63) is 57.4 Å². The van der Waals surface area contributed by atoms with E-state index in [2.05, 4.69) is 42.2 Å².